The summed E-state index contributed by atoms with van der Waals surface area (Å²) in [6, 6.07) is 2.99. The second kappa shape index (κ2) is 5.87. The van der Waals surface area contributed by atoms with Gasteiger partial charge in [-0.05, 0) is 37.5 Å². The molecule has 2 rings (SSSR count). The van der Waals surface area contributed by atoms with Crippen molar-refractivity contribution in [2.24, 2.45) is 11.3 Å². The molecule has 2 unspecified atom stereocenters. The molecule has 0 spiro atoms. The summed E-state index contributed by atoms with van der Waals surface area (Å²) in [6.07, 6.45) is 11.7. The van der Waals surface area contributed by atoms with Crippen LogP contribution >= 0.6 is 0 Å². The molecule has 1 N–H and O–H groups in total. The molecule has 2 aliphatic rings. The minimum Gasteiger partial charge on any atom is -0.312 e. The van der Waals surface area contributed by atoms with Crippen LogP contribution in [0, 0.1) is 22.7 Å². The predicted octanol–water partition coefficient (Wildman–Crippen LogP) is 3.63. The first-order valence-electron chi connectivity index (χ1n) is 7.43. The lowest BCUT2D eigenvalue weighted by Gasteiger charge is -2.42. The molecular weight excluding hydrogens is 208 g/mol. The van der Waals surface area contributed by atoms with Crippen LogP contribution in [-0.4, -0.2) is 12.6 Å². The highest BCUT2D eigenvalue weighted by atomic mass is 14.9. The van der Waals surface area contributed by atoms with Crippen LogP contribution in [0.15, 0.2) is 0 Å². The van der Waals surface area contributed by atoms with Gasteiger partial charge in [-0.15, -0.1) is 0 Å². The van der Waals surface area contributed by atoms with Crippen molar-refractivity contribution in [1.29, 1.82) is 5.26 Å². The quantitative estimate of drug-likeness (QED) is 0.754. The van der Waals surface area contributed by atoms with Crippen LogP contribution in [0.4, 0.5) is 0 Å². The summed E-state index contributed by atoms with van der Waals surface area (Å²) in [5.41, 5.74) is 0.576. The molecule has 0 aromatic heterocycles. The second-order valence-corrected chi connectivity index (χ2v) is 6.07. The Morgan fingerprint density at radius 3 is 2.53 bits per heavy atom. The van der Waals surface area contributed by atoms with Crippen molar-refractivity contribution in [3.8, 4) is 6.07 Å². The molecule has 2 fully saturated rings. The van der Waals surface area contributed by atoms with Gasteiger partial charge in [0.05, 0.1) is 12.0 Å². The third kappa shape index (κ3) is 3.01. The molecule has 2 nitrogen and oxygen atoms in total. The number of nitrogens with one attached hydrogen (secondary N) is 1. The SMILES string of the molecule is CCC1(CNC2CCCCCC2C#N)CCC1. The van der Waals surface area contributed by atoms with E-state index in [-0.39, 0.29) is 5.92 Å². The lowest BCUT2D eigenvalue weighted by atomic mass is 9.67. The monoisotopic (exact) mass is 234 g/mol. The number of hydrogen-bond donors (Lipinski definition) is 1. The first-order valence-corrected chi connectivity index (χ1v) is 7.43. The predicted molar refractivity (Wildman–Crippen MR) is 70.6 cm³/mol. The normalized spacial score (nSPS) is 32.2. The van der Waals surface area contributed by atoms with Crippen molar-refractivity contribution in [2.75, 3.05) is 6.54 Å². The van der Waals surface area contributed by atoms with Crippen molar-refractivity contribution in [1.82, 2.24) is 5.32 Å². The smallest absolute Gasteiger partial charge is 0.0672 e. The molecule has 2 aliphatic carbocycles. The summed E-state index contributed by atoms with van der Waals surface area (Å²) >= 11 is 0. The van der Waals surface area contributed by atoms with Gasteiger partial charge in [0.1, 0.15) is 0 Å². The van der Waals surface area contributed by atoms with Gasteiger partial charge >= 0.3 is 0 Å². The van der Waals surface area contributed by atoms with E-state index in [1.165, 1.54) is 51.4 Å². The molecule has 0 amide bonds. The van der Waals surface area contributed by atoms with E-state index in [4.69, 9.17) is 0 Å². The number of hydrogen-bond acceptors (Lipinski definition) is 2. The van der Waals surface area contributed by atoms with Crippen molar-refractivity contribution in [2.45, 2.75) is 70.8 Å². The van der Waals surface area contributed by atoms with Crippen LogP contribution in [-0.2, 0) is 0 Å². The van der Waals surface area contributed by atoms with Crippen molar-refractivity contribution in [3.05, 3.63) is 0 Å². The van der Waals surface area contributed by atoms with E-state index in [9.17, 15) is 5.26 Å². The van der Waals surface area contributed by atoms with E-state index in [1.54, 1.807) is 0 Å². The first kappa shape index (κ1) is 12.9. The van der Waals surface area contributed by atoms with Gasteiger partial charge in [0.15, 0.2) is 0 Å². The summed E-state index contributed by atoms with van der Waals surface area (Å²) in [5, 5.41) is 13.0. The maximum Gasteiger partial charge on any atom is 0.0672 e. The summed E-state index contributed by atoms with van der Waals surface area (Å²) < 4.78 is 0. The van der Waals surface area contributed by atoms with Crippen LogP contribution in [0.3, 0.4) is 0 Å². The fraction of sp³-hybridized carbons (Fsp3) is 0.933. The highest BCUT2D eigenvalue weighted by Crippen LogP contribution is 2.43. The summed E-state index contributed by atoms with van der Waals surface area (Å²) in [6.45, 7) is 3.46. The standard InChI is InChI=1S/C15H26N2/c1-2-15(9-6-10-15)12-17-14-8-5-3-4-7-13(14)11-16/h13-14,17H,2-10,12H2,1H3. The van der Waals surface area contributed by atoms with Gasteiger partial charge in [-0.1, -0.05) is 32.6 Å². The highest BCUT2D eigenvalue weighted by molar-refractivity contribution is 4.96. The Morgan fingerprint density at radius 2 is 1.94 bits per heavy atom. The lowest BCUT2D eigenvalue weighted by molar-refractivity contribution is 0.115. The fourth-order valence-corrected chi connectivity index (χ4v) is 3.39. The Bertz CT molecular complexity index is 270. The Labute approximate surface area is 106 Å². The van der Waals surface area contributed by atoms with E-state index in [1.807, 2.05) is 0 Å². The first-order chi connectivity index (χ1) is 8.29. The van der Waals surface area contributed by atoms with Gasteiger partial charge in [0.25, 0.3) is 0 Å². The summed E-state index contributed by atoms with van der Waals surface area (Å²) in [4.78, 5) is 0. The molecule has 2 atom stereocenters. The maximum atomic E-state index is 9.25. The van der Waals surface area contributed by atoms with Gasteiger partial charge < -0.3 is 5.32 Å². The van der Waals surface area contributed by atoms with Gasteiger partial charge in [0, 0.05) is 12.6 Å². The van der Waals surface area contributed by atoms with Gasteiger partial charge in [-0.2, -0.15) is 5.26 Å². The Balaban J connectivity index is 1.85. The Kier molecular flexibility index (Phi) is 4.45. The average Bonchev–Trinajstić information content (AvgIpc) is 2.53. The molecule has 0 aromatic rings. The zero-order chi connectivity index (χ0) is 12.1. The molecule has 0 saturated heterocycles. The molecule has 0 aliphatic heterocycles. The van der Waals surface area contributed by atoms with Crippen LogP contribution in [0.5, 0.6) is 0 Å². The zero-order valence-corrected chi connectivity index (χ0v) is 11.2. The number of rotatable bonds is 4. The van der Waals surface area contributed by atoms with E-state index < -0.39 is 0 Å². The third-order valence-corrected chi connectivity index (χ3v) is 5.09. The topological polar surface area (TPSA) is 35.8 Å². The lowest BCUT2D eigenvalue weighted by Crippen LogP contribution is -2.45. The van der Waals surface area contributed by atoms with Gasteiger partial charge in [0.2, 0.25) is 0 Å². The molecule has 2 saturated carbocycles. The maximum absolute atomic E-state index is 9.25. The molecule has 0 radical (unpaired) electrons. The molecule has 0 bridgehead atoms. The molecule has 0 heterocycles. The van der Waals surface area contributed by atoms with E-state index in [0.29, 0.717) is 11.5 Å². The summed E-state index contributed by atoms with van der Waals surface area (Å²) in [7, 11) is 0. The Hall–Kier alpha value is -0.550. The van der Waals surface area contributed by atoms with E-state index >= 15 is 0 Å². The van der Waals surface area contributed by atoms with E-state index in [2.05, 4.69) is 18.3 Å². The Morgan fingerprint density at radius 1 is 1.18 bits per heavy atom. The summed E-state index contributed by atoms with van der Waals surface area (Å²) in [5.74, 6) is 0.256. The molecule has 2 heteroatoms. The largest absolute Gasteiger partial charge is 0.312 e. The van der Waals surface area contributed by atoms with Crippen LogP contribution in [0.2, 0.25) is 0 Å². The second-order valence-electron chi connectivity index (χ2n) is 6.07. The molecule has 0 aromatic carbocycles. The van der Waals surface area contributed by atoms with Gasteiger partial charge in [-0.25, -0.2) is 0 Å². The zero-order valence-electron chi connectivity index (χ0n) is 11.2. The van der Waals surface area contributed by atoms with Crippen molar-refractivity contribution in [3.63, 3.8) is 0 Å². The minimum atomic E-state index is 0.256. The third-order valence-electron chi connectivity index (χ3n) is 5.09. The van der Waals surface area contributed by atoms with E-state index in [0.717, 1.165) is 13.0 Å². The van der Waals surface area contributed by atoms with Crippen LogP contribution in [0.1, 0.15) is 64.7 Å². The van der Waals surface area contributed by atoms with Crippen molar-refractivity contribution < 1.29 is 0 Å². The van der Waals surface area contributed by atoms with Gasteiger partial charge in [-0.3, -0.25) is 0 Å². The van der Waals surface area contributed by atoms with Crippen LogP contribution < -0.4 is 5.32 Å². The average molecular weight is 234 g/mol. The molecule has 96 valence electrons. The highest BCUT2D eigenvalue weighted by Gasteiger charge is 2.36. The molecular formula is C15H26N2. The van der Waals surface area contributed by atoms with Crippen LogP contribution in [0.25, 0.3) is 0 Å². The number of nitrogens with zero attached hydrogens (tertiary/aromatic N) is 1. The minimum absolute atomic E-state index is 0.256. The van der Waals surface area contributed by atoms with Crippen molar-refractivity contribution >= 4 is 0 Å². The number of nitriles is 1. The fourth-order valence-electron chi connectivity index (χ4n) is 3.39. The molecule has 17 heavy (non-hydrogen) atoms.